The number of fused-ring (bicyclic) bond motifs is 1. The van der Waals surface area contributed by atoms with E-state index in [0.717, 1.165) is 10.9 Å². The van der Waals surface area contributed by atoms with E-state index in [1.807, 2.05) is 13.0 Å². The molecule has 0 spiro atoms. The molecule has 1 aromatic heterocycles. The summed E-state index contributed by atoms with van der Waals surface area (Å²) in [4.78, 5) is 11.6. The van der Waals surface area contributed by atoms with Crippen LogP contribution in [0.25, 0.3) is 11.0 Å². The fraction of sp³-hybridized carbons (Fsp3) is 0.250. The summed E-state index contributed by atoms with van der Waals surface area (Å²) >= 11 is 0. The molecule has 0 bridgehead atoms. The maximum Gasteiger partial charge on any atom is 0.394 e. The zero-order chi connectivity index (χ0) is 16.2. The van der Waals surface area contributed by atoms with Crippen molar-refractivity contribution in [3.8, 4) is 0 Å². The molecule has 2 rings (SSSR count). The lowest BCUT2D eigenvalue weighted by Crippen LogP contribution is -2.04. The Hall–Kier alpha value is -2.10. The number of nitrogens with two attached hydrogens (primary N) is 1. The number of furan rings is 1. The third kappa shape index (κ3) is 5.06. The molecule has 1 aromatic carbocycles. The Morgan fingerprint density at radius 1 is 1.38 bits per heavy atom. The van der Waals surface area contributed by atoms with Crippen LogP contribution in [0.4, 0.5) is 5.69 Å². The largest absolute Gasteiger partial charge is 0.460 e. The van der Waals surface area contributed by atoms with Crippen LogP contribution in [0, 0.1) is 6.92 Å². The van der Waals surface area contributed by atoms with Crippen molar-refractivity contribution in [2.45, 2.75) is 13.8 Å². The molecule has 0 radical (unpaired) electrons. The number of aryl methyl sites for hydroxylation is 1. The zero-order valence-electron chi connectivity index (χ0n) is 11.4. The highest BCUT2D eigenvalue weighted by atomic mass is 32.3. The average molecular weight is 317 g/mol. The van der Waals surface area contributed by atoms with Gasteiger partial charge in [-0.25, -0.2) is 4.79 Å². The molecule has 1 heterocycles. The van der Waals surface area contributed by atoms with Crippen molar-refractivity contribution in [3.05, 3.63) is 29.5 Å². The lowest BCUT2D eigenvalue weighted by molar-refractivity contribution is 0.0491. The predicted octanol–water partition coefficient (Wildman–Crippen LogP) is 1.85. The first-order chi connectivity index (χ1) is 9.63. The van der Waals surface area contributed by atoms with E-state index in [1.54, 1.807) is 19.1 Å². The van der Waals surface area contributed by atoms with E-state index >= 15 is 0 Å². The molecular formula is C12H15NO7S. The van der Waals surface area contributed by atoms with Crippen LogP contribution in [0.2, 0.25) is 0 Å². The van der Waals surface area contributed by atoms with Gasteiger partial charge < -0.3 is 14.9 Å². The highest BCUT2D eigenvalue weighted by Crippen LogP contribution is 2.27. The van der Waals surface area contributed by atoms with Crippen LogP contribution in [0.1, 0.15) is 23.0 Å². The molecule has 0 aliphatic heterocycles. The second-order valence-electron chi connectivity index (χ2n) is 3.98. The van der Waals surface area contributed by atoms with Crippen LogP contribution in [-0.2, 0) is 15.1 Å². The number of rotatable bonds is 2. The Kier molecular flexibility index (Phi) is 5.30. The molecule has 9 heteroatoms. The maximum atomic E-state index is 11.6. The molecule has 0 unspecified atom stereocenters. The number of carbonyl (C=O) groups is 1. The van der Waals surface area contributed by atoms with Gasteiger partial charge in [0.2, 0.25) is 5.76 Å². The number of carbonyl (C=O) groups excluding carboxylic acids is 1. The molecular weight excluding hydrogens is 302 g/mol. The number of ether oxygens (including phenoxy) is 1. The molecule has 0 atom stereocenters. The Bertz CT molecular complexity index is 740. The molecule has 0 amide bonds. The summed E-state index contributed by atoms with van der Waals surface area (Å²) in [7, 11) is -4.67. The van der Waals surface area contributed by atoms with Gasteiger partial charge in [0.25, 0.3) is 0 Å². The Morgan fingerprint density at radius 2 is 1.95 bits per heavy atom. The number of hydrogen-bond donors (Lipinski definition) is 3. The minimum absolute atomic E-state index is 0.252. The lowest BCUT2D eigenvalue weighted by atomic mass is 10.1. The monoisotopic (exact) mass is 317 g/mol. The minimum atomic E-state index is -4.67. The quantitative estimate of drug-likeness (QED) is 0.433. The molecule has 8 nitrogen and oxygen atoms in total. The third-order valence-corrected chi connectivity index (χ3v) is 2.42. The van der Waals surface area contributed by atoms with Crippen LogP contribution in [0.3, 0.4) is 0 Å². The normalized spacial score (nSPS) is 10.9. The second-order valence-corrected chi connectivity index (χ2v) is 4.88. The van der Waals surface area contributed by atoms with Gasteiger partial charge in [0, 0.05) is 22.7 Å². The summed E-state index contributed by atoms with van der Waals surface area (Å²) < 4.78 is 41.9. The van der Waals surface area contributed by atoms with Crippen LogP contribution in [-0.4, -0.2) is 30.1 Å². The number of nitrogen functional groups attached to an aromatic ring is 1. The van der Waals surface area contributed by atoms with Gasteiger partial charge in [-0.3, -0.25) is 9.11 Å². The van der Waals surface area contributed by atoms with Crippen LogP contribution < -0.4 is 5.73 Å². The first-order valence-electron chi connectivity index (χ1n) is 5.79. The van der Waals surface area contributed by atoms with E-state index in [1.165, 1.54) is 0 Å². The van der Waals surface area contributed by atoms with Gasteiger partial charge in [0.1, 0.15) is 5.58 Å². The van der Waals surface area contributed by atoms with Gasteiger partial charge in [-0.2, -0.15) is 8.42 Å². The number of hydrogen-bond acceptors (Lipinski definition) is 6. The molecule has 0 aliphatic carbocycles. The van der Waals surface area contributed by atoms with Gasteiger partial charge >= 0.3 is 16.4 Å². The van der Waals surface area contributed by atoms with E-state index in [0.29, 0.717) is 17.9 Å². The van der Waals surface area contributed by atoms with Crippen molar-refractivity contribution in [1.82, 2.24) is 0 Å². The first kappa shape index (κ1) is 17.0. The van der Waals surface area contributed by atoms with E-state index in [9.17, 15) is 4.79 Å². The highest BCUT2D eigenvalue weighted by Gasteiger charge is 2.18. The molecule has 0 aliphatic rings. The van der Waals surface area contributed by atoms with Crippen molar-refractivity contribution >= 4 is 33.0 Å². The molecule has 2 aromatic rings. The van der Waals surface area contributed by atoms with Gasteiger partial charge in [-0.05, 0) is 26.0 Å². The van der Waals surface area contributed by atoms with Gasteiger partial charge in [0.15, 0.2) is 0 Å². The smallest absolute Gasteiger partial charge is 0.394 e. The summed E-state index contributed by atoms with van der Waals surface area (Å²) in [5, 5.41) is 0.886. The van der Waals surface area contributed by atoms with Crippen molar-refractivity contribution in [2.75, 3.05) is 12.3 Å². The first-order valence-corrected chi connectivity index (χ1v) is 7.18. The van der Waals surface area contributed by atoms with E-state index in [2.05, 4.69) is 0 Å². The molecule has 21 heavy (non-hydrogen) atoms. The van der Waals surface area contributed by atoms with Crippen molar-refractivity contribution < 1.29 is 31.5 Å². The predicted molar refractivity (Wildman–Crippen MR) is 75.5 cm³/mol. The average Bonchev–Trinajstić information content (AvgIpc) is 2.64. The van der Waals surface area contributed by atoms with Crippen LogP contribution >= 0.6 is 0 Å². The molecule has 0 saturated heterocycles. The van der Waals surface area contributed by atoms with E-state index < -0.39 is 16.4 Å². The molecule has 4 N–H and O–H groups in total. The SMILES string of the molecule is CCOC(=O)c1oc2cc(N)ccc2c1C.O=S(=O)(O)O. The summed E-state index contributed by atoms with van der Waals surface area (Å²) in [5.41, 5.74) is 7.65. The molecule has 0 saturated carbocycles. The standard InChI is InChI=1S/C12H13NO3.H2O4S/c1-3-15-12(14)11-7(2)9-5-4-8(13)6-10(9)16-11;1-5(2,3)4/h4-6H,3,13H2,1-2H3;(H2,1,2,3,4). The summed E-state index contributed by atoms with van der Waals surface area (Å²) in [5.74, 6) is -0.183. The fourth-order valence-electron chi connectivity index (χ4n) is 1.63. The second kappa shape index (κ2) is 6.57. The highest BCUT2D eigenvalue weighted by molar-refractivity contribution is 7.79. The number of benzene rings is 1. The topological polar surface area (TPSA) is 140 Å². The maximum absolute atomic E-state index is 11.6. The summed E-state index contributed by atoms with van der Waals surface area (Å²) in [6, 6.07) is 5.32. The summed E-state index contributed by atoms with van der Waals surface area (Å²) in [6.45, 7) is 3.92. The third-order valence-electron chi connectivity index (χ3n) is 2.42. The Morgan fingerprint density at radius 3 is 2.48 bits per heavy atom. The van der Waals surface area contributed by atoms with Gasteiger partial charge in [-0.1, -0.05) is 0 Å². The molecule has 116 valence electrons. The van der Waals surface area contributed by atoms with Crippen LogP contribution in [0.5, 0.6) is 0 Å². The van der Waals surface area contributed by atoms with Crippen molar-refractivity contribution in [1.29, 1.82) is 0 Å². The van der Waals surface area contributed by atoms with Gasteiger partial charge in [-0.15, -0.1) is 0 Å². The zero-order valence-corrected chi connectivity index (χ0v) is 12.2. The van der Waals surface area contributed by atoms with Crippen molar-refractivity contribution in [2.24, 2.45) is 0 Å². The van der Waals surface area contributed by atoms with E-state index in [4.69, 9.17) is 32.4 Å². The Balaban J connectivity index is 0.000000383. The number of esters is 1. The lowest BCUT2D eigenvalue weighted by Gasteiger charge is -1.97. The van der Waals surface area contributed by atoms with Gasteiger partial charge in [0.05, 0.1) is 6.61 Å². The summed E-state index contributed by atoms with van der Waals surface area (Å²) in [6.07, 6.45) is 0. The van der Waals surface area contributed by atoms with E-state index in [-0.39, 0.29) is 5.76 Å². The number of anilines is 1. The van der Waals surface area contributed by atoms with Crippen LogP contribution in [0.15, 0.2) is 22.6 Å². The van der Waals surface area contributed by atoms with Crippen molar-refractivity contribution in [3.63, 3.8) is 0 Å². The minimum Gasteiger partial charge on any atom is -0.460 e. The fourth-order valence-corrected chi connectivity index (χ4v) is 1.63. The Labute approximate surface area is 121 Å². The molecule has 0 fully saturated rings.